The first-order valence-electron chi connectivity index (χ1n) is 9.63. The topological polar surface area (TPSA) is 46.6 Å². The molecule has 1 aliphatic heterocycles. The first-order valence-corrected chi connectivity index (χ1v) is 9.63. The van der Waals surface area contributed by atoms with E-state index in [0.29, 0.717) is 23.8 Å². The van der Waals surface area contributed by atoms with Gasteiger partial charge in [0.05, 0.1) is 6.10 Å². The Balaban J connectivity index is 1.69. The van der Waals surface area contributed by atoms with Gasteiger partial charge < -0.3 is 9.64 Å². The molecule has 2 aromatic rings. The lowest BCUT2D eigenvalue weighted by atomic mass is 9.96. The summed E-state index contributed by atoms with van der Waals surface area (Å²) in [4.78, 5) is 26.5. The largest absolute Gasteiger partial charge is 0.378 e. The summed E-state index contributed by atoms with van der Waals surface area (Å²) < 4.78 is 5.64. The minimum Gasteiger partial charge on any atom is -0.378 e. The maximum absolute atomic E-state index is 12.8. The number of nitrogens with zero attached hydrogens (tertiary/aromatic N) is 1. The van der Waals surface area contributed by atoms with Crippen LogP contribution in [0.5, 0.6) is 0 Å². The fourth-order valence-corrected chi connectivity index (χ4v) is 3.61. The van der Waals surface area contributed by atoms with Gasteiger partial charge in [0.25, 0.3) is 5.91 Å². The Kier molecular flexibility index (Phi) is 6.40. The van der Waals surface area contributed by atoms with E-state index in [4.69, 9.17) is 4.74 Å². The zero-order valence-electron chi connectivity index (χ0n) is 16.1. The third-order valence-corrected chi connectivity index (χ3v) is 5.12. The average molecular weight is 365 g/mol. The second kappa shape index (κ2) is 8.96. The molecule has 1 fully saturated rings. The van der Waals surface area contributed by atoms with E-state index in [1.165, 1.54) is 0 Å². The number of amides is 1. The van der Waals surface area contributed by atoms with Gasteiger partial charge in [-0.05, 0) is 55.9 Å². The number of ketones is 1. The van der Waals surface area contributed by atoms with Gasteiger partial charge in [0, 0.05) is 31.3 Å². The highest BCUT2D eigenvalue weighted by molar-refractivity contribution is 6.02. The molecule has 27 heavy (non-hydrogen) atoms. The average Bonchev–Trinajstić information content (AvgIpc) is 3.21. The minimum atomic E-state index is 0.00416. The Hall–Kier alpha value is -2.46. The number of hydrogen-bond donors (Lipinski definition) is 0. The summed E-state index contributed by atoms with van der Waals surface area (Å²) in [6.45, 7) is 3.15. The van der Waals surface area contributed by atoms with Crippen molar-refractivity contribution in [2.45, 2.75) is 38.7 Å². The third-order valence-electron chi connectivity index (χ3n) is 5.12. The Bertz CT molecular complexity index is 809. The Morgan fingerprint density at radius 3 is 2.70 bits per heavy atom. The standard InChI is InChI=1S/C23H27NO3/c1-17(25)21-12-3-4-13-22(21)18-8-5-9-19(16-18)23(26)24(2)14-6-10-20-11-7-15-27-20/h3-5,8-9,12-13,16,20H,6-7,10-11,14-15H2,1-2H3/t20-/m1/s1. The van der Waals surface area contributed by atoms with Crippen molar-refractivity contribution in [3.8, 4) is 11.1 Å². The number of ether oxygens (including phenoxy) is 1. The zero-order valence-corrected chi connectivity index (χ0v) is 16.1. The predicted molar refractivity (Wildman–Crippen MR) is 107 cm³/mol. The van der Waals surface area contributed by atoms with E-state index in [9.17, 15) is 9.59 Å². The predicted octanol–water partition coefficient (Wildman–Crippen LogP) is 4.59. The highest BCUT2D eigenvalue weighted by atomic mass is 16.5. The van der Waals surface area contributed by atoms with E-state index in [-0.39, 0.29) is 11.7 Å². The van der Waals surface area contributed by atoms with Crippen molar-refractivity contribution in [1.29, 1.82) is 0 Å². The SMILES string of the molecule is CC(=O)c1ccccc1-c1cccc(C(=O)N(C)CCC[C@@H]2CCCO2)c1. The minimum absolute atomic E-state index is 0.00416. The van der Waals surface area contributed by atoms with Crippen LogP contribution in [0, 0.1) is 0 Å². The fourth-order valence-electron chi connectivity index (χ4n) is 3.61. The molecular formula is C23H27NO3. The highest BCUT2D eigenvalue weighted by Gasteiger charge is 2.17. The van der Waals surface area contributed by atoms with Gasteiger partial charge in [0.2, 0.25) is 0 Å². The second-order valence-electron chi connectivity index (χ2n) is 7.19. The fraction of sp³-hybridized carbons (Fsp3) is 0.391. The summed E-state index contributed by atoms with van der Waals surface area (Å²) in [5, 5.41) is 0. The first kappa shape index (κ1) is 19.3. The Labute approximate surface area is 161 Å². The molecule has 1 atom stereocenters. The molecule has 1 amide bonds. The van der Waals surface area contributed by atoms with Crippen LogP contribution in [0.4, 0.5) is 0 Å². The van der Waals surface area contributed by atoms with Crippen LogP contribution < -0.4 is 0 Å². The molecule has 4 heteroatoms. The van der Waals surface area contributed by atoms with Crippen molar-refractivity contribution >= 4 is 11.7 Å². The molecule has 3 rings (SSSR count). The van der Waals surface area contributed by atoms with Crippen molar-refractivity contribution in [1.82, 2.24) is 4.90 Å². The lowest BCUT2D eigenvalue weighted by molar-refractivity contribution is 0.0763. The van der Waals surface area contributed by atoms with Crippen LogP contribution in [-0.2, 0) is 4.74 Å². The molecule has 0 spiro atoms. The maximum Gasteiger partial charge on any atom is 0.253 e. The zero-order chi connectivity index (χ0) is 19.2. The number of rotatable bonds is 7. The van der Waals surface area contributed by atoms with Crippen LogP contribution in [0.15, 0.2) is 48.5 Å². The summed E-state index contributed by atoms with van der Waals surface area (Å²) in [7, 11) is 1.84. The molecule has 0 N–H and O–H groups in total. The number of benzene rings is 2. The molecule has 4 nitrogen and oxygen atoms in total. The van der Waals surface area contributed by atoms with Crippen molar-refractivity contribution in [3.05, 3.63) is 59.7 Å². The molecule has 142 valence electrons. The number of Topliss-reactive ketones (excluding diaryl/α,β-unsaturated/α-hetero) is 1. The normalized spacial score (nSPS) is 16.3. The van der Waals surface area contributed by atoms with E-state index < -0.39 is 0 Å². The molecule has 0 aromatic heterocycles. The van der Waals surface area contributed by atoms with Crippen molar-refractivity contribution < 1.29 is 14.3 Å². The van der Waals surface area contributed by atoms with Crippen molar-refractivity contribution in [2.24, 2.45) is 0 Å². The van der Waals surface area contributed by atoms with Crippen LogP contribution in [0.1, 0.15) is 53.3 Å². The van der Waals surface area contributed by atoms with Gasteiger partial charge in [-0.25, -0.2) is 0 Å². The molecule has 0 saturated carbocycles. The molecular weight excluding hydrogens is 338 g/mol. The van der Waals surface area contributed by atoms with Crippen LogP contribution in [0.3, 0.4) is 0 Å². The van der Waals surface area contributed by atoms with Crippen LogP contribution in [-0.4, -0.2) is 42.9 Å². The smallest absolute Gasteiger partial charge is 0.253 e. The number of carbonyl (C=O) groups excluding carboxylic acids is 2. The maximum atomic E-state index is 12.8. The van der Waals surface area contributed by atoms with Gasteiger partial charge in [0.1, 0.15) is 0 Å². The number of hydrogen-bond acceptors (Lipinski definition) is 3. The third kappa shape index (κ3) is 4.83. The summed E-state index contributed by atoms with van der Waals surface area (Å²) in [5.74, 6) is 0.0260. The molecule has 2 aromatic carbocycles. The molecule has 0 bridgehead atoms. The van der Waals surface area contributed by atoms with E-state index in [0.717, 1.165) is 43.4 Å². The van der Waals surface area contributed by atoms with Gasteiger partial charge >= 0.3 is 0 Å². The number of carbonyl (C=O) groups is 2. The van der Waals surface area contributed by atoms with Gasteiger partial charge in [-0.3, -0.25) is 9.59 Å². The van der Waals surface area contributed by atoms with Gasteiger partial charge in [-0.1, -0.05) is 36.4 Å². The van der Waals surface area contributed by atoms with E-state index in [2.05, 4.69) is 0 Å². The summed E-state index contributed by atoms with van der Waals surface area (Å²) in [6, 6.07) is 15.0. The summed E-state index contributed by atoms with van der Waals surface area (Å²) in [6.07, 6.45) is 4.59. The molecule has 1 aliphatic rings. The van der Waals surface area contributed by atoms with E-state index >= 15 is 0 Å². The molecule has 0 unspecified atom stereocenters. The van der Waals surface area contributed by atoms with E-state index in [1.807, 2.05) is 55.6 Å². The van der Waals surface area contributed by atoms with E-state index in [1.54, 1.807) is 11.8 Å². The molecule has 0 radical (unpaired) electrons. The van der Waals surface area contributed by atoms with Crippen molar-refractivity contribution in [3.63, 3.8) is 0 Å². The van der Waals surface area contributed by atoms with Crippen LogP contribution in [0.25, 0.3) is 11.1 Å². The molecule has 1 heterocycles. The van der Waals surface area contributed by atoms with Crippen molar-refractivity contribution in [2.75, 3.05) is 20.2 Å². The summed E-state index contributed by atoms with van der Waals surface area (Å²) >= 11 is 0. The highest BCUT2D eigenvalue weighted by Crippen LogP contribution is 2.25. The Morgan fingerprint density at radius 1 is 1.15 bits per heavy atom. The van der Waals surface area contributed by atoms with Gasteiger partial charge in [-0.2, -0.15) is 0 Å². The molecule has 0 aliphatic carbocycles. The van der Waals surface area contributed by atoms with Gasteiger partial charge in [0.15, 0.2) is 5.78 Å². The summed E-state index contributed by atoms with van der Waals surface area (Å²) in [5.41, 5.74) is 3.07. The lowest BCUT2D eigenvalue weighted by Crippen LogP contribution is -2.28. The Morgan fingerprint density at radius 2 is 1.96 bits per heavy atom. The monoisotopic (exact) mass is 365 g/mol. The van der Waals surface area contributed by atoms with Gasteiger partial charge in [-0.15, -0.1) is 0 Å². The second-order valence-corrected chi connectivity index (χ2v) is 7.19. The van der Waals surface area contributed by atoms with Crippen LogP contribution in [0.2, 0.25) is 0 Å². The first-order chi connectivity index (χ1) is 13.1. The lowest BCUT2D eigenvalue weighted by Gasteiger charge is -2.19. The van der Waals surface area contributed by atoms with Crippen LogP contribution >= 0.6 is 0 Å². The molecule has 1 saturated heterocycles. The quantitative estimate of drug-likeness (QED) is 0.674.